The van der Waals surface area contributed by atoms with Crippen LogP contribution in [0.3, 0.4) is 0 Å². The zero-order valence-corrected chi connectivity index (χ0v) is 15.2. The van der Waals surface area contributed by atoms with E-state index in [1.807, 2.05) is 0 Å². The van der Waals surface area contributed by atoms with Crippen LogP contribution in [0.15, 0.2) is 47.4 Å². The molecule has 6 nitrogen and oxygen atoms in total. The summed E-state index contributed by atoms with van der Waals surface area (Å²) < 4.78 is 40.4. The molecule has 0 heterocycles. The number of nitrogens with zero attached hydrogens (tertiary/aromatic N) is 1. The molecule has 0 aliphatic carbocycles. The predicted octanol–water partition coefficient (Wildman–Crippen LogP) is 3.49. The largest absolute Gasteiger partial charge is 0.336 e. The lowest BCUT2D eigenvalue weighted by molar-refractivity contribution is -0.731. The highest BCUT2D eigenvalue weighted by molar-refractivity contribution is 7.98. The number of nitrogens with one attached hydrogen (secondary N) is 1. The second-order valence-corrected chi connectivity index (χ2v) is 8.14. The molecule has 0 amide bonds. The summed E-state index contributed by atoms with van der Waals surface area (Å²) in [7, 11) is -3.96. The number of para-hydroxylation sites is 1. The zero-order chi connectivity index (χ0) is 18.4. The Kier molecular flexibility index (Phi) is 6.77. The fourth-order valence-electron chi connectivity index (χ4n) is 2.01. The molecule has 25 heavy (non-hydrogen) atoms. The van der Waals surface area contributed by atoms with Crippen molar-refractivity contribution in [2.24, 2.45) is 0 Å². The summed E-state index contributed by atoms with van der Waals surface area (Å²) in [6.45, 7) is 0.0672. The third kappa shape index (κ3) is 5.15. The molecule has 134 valence electrons. The molecule has 0 radical (unpaired) electrons. The van der Waals surface area contributed by atoms with Gasteiger partial charge in [-0.1, -0.05) is 29.8 Å². The molecule has 0 saturated carbocycles. The number of hydrogen-bond acceptors (Lipinski definition) is 4. The van der Waals surface area contributed by atoms with Crippen LogP contribution in [0, 0.1) is 10.7 Å². The van der Waals surface area contributed by atoms with E-state index in [1.165, 1.54) is 48.2 Å². The van der Waals surface area contributed by atoms with Crippen LogP contribution in [0.5, 0.6) is 0 Å². The molecular formula is C15H15ClFN2O4S2+. The van der Waals surface area contributed by atoms with E-state index in [4.69, 9.17) is 16.8 Å². The van der Waals surface area contributed by atoms with Gasteiger partial charge in [0.1, 0.15) is 5.82 Å². The van der Waals surface area contributed by atoms with Gasteiger partial charge in [-0.3, -0.25) is 0 Å². The average molecular weight is 406 g/mol. The summed E-state index contributed by atoms with van der Waals surface area (Å²) in [6, 6.07) is 9.69. The maximum absolute atomic E-state index is 13.6. The van der Waals surface area contributed by atoms with Crippen LogP contribution < -0.4 is 4.72 Å². The van der Waals surface area contributed by atoms with Gasteiger partial charge < -0.3 is 0 Å². The molecule has 0 aliphatic heterocycles. The van der Waals surface area contributed by atoms with Crippen LogP contribution in [-0.2, 0) is 15.8 Å². The molecule has 0 saturated heterocycles. The van der Waals surface area contributed by atoms with Crippen molar-refractivity contribution in [3.05, 3.63) is 63.8 Å². The third-order valence-electron chi connectivity index (χ3n) is 3.21. The summed E-state index contributed by atoms with van der Waals surface area (Å²) in [4.78, 5) is 10.2. The van der Waals surface area contributed by atoms with Crippen molar-refractivity contribution in [1.29, 1.82) is 0 Å². The van der Waals surface area contributed by atoms with Crippen LogP contribution in [0.25, 0.3) is 0 Å². The van der Waals surface area contributed by atoms with Gasteiger partial charge in [0, 0.05) is 34.7 Å². The first-order valence-corrected chi connectivity index (χ1v) is 10.1. The van der Waals surface area contributed by atoms with E-state index in [1.54, 1.807) is 6.07 Å². The second kappa shape index (κ2) is 8.61. The molecular weight excluding hydrogens is 391 g/mol. The van der Waals surface area contributed by atoms with Crippen LogP contribution in [-0.4, -0.2) is 30.8 Å². The Balaban J connectivity index is 1.92. The first-order valence-electron chi connectivity index (χ1n) is 7.08. The first-order chi connectivity index (χ1) is 11.8. The standard InChI is InChI=1S/C15H15ClFN2O4S2/c16-12-4-3-5-13(17)11(12)10-24-9-8-18-25(22,23)15-7-2-1-6-14(15)19(20)21/h1-7,18H,8-10H2,(H,20,21)/q+1. The Morgan fingerprint density at radius 3 is 2.60 bits per heavy atom. The Hall–Kier alpha value is -1.68. The van der Waals surface area contributed by atoms with Gasteiger partial charge >= 0.3 is 5.69 Å². The van der Waals surface area contributed by atoms with Crippen molar-refractivity contribution in [2.75, 3.05) is 12.3 Å². The zero-order valence-electron chi connectivity index (χ0n) is 12.9. The Labute approximate surface area is 153 Å². The lowest BCUT2D eigenvalue weighted by Crippen LogP contribution is -2.26. The van der Waals surface area contributed by atoms with E-state index in [0.717, 1.165) is 0 Å². The smallest absolute Gasteiger partial charge is 0.241 e. The third-order valence-corrected chi connectivity index (χ3v) is 6.06. The summed E-state index contributed by atoms with van der Waals surface area (Å²) >= 11 is 7.23. The normalized spacial score (nSPS) is 11.4. The van der Waals surface area contributed by atoms with Gasteiger partial charge in [-0.15, -0.1) is 0 Å². The minimum absolute atomic E-state index is 0.0672. The number of hydrogen-bond donors (Lipinski definition) is 2. The monoisotopic (exact) mass is 405 g/mol. The molecule has 0 atom stereocenters. The maximum Gasteiger partial charge on any atom is 0.336 e. The molecule has 0 spiro atoms. The molecule has 0 aromatic heterocycles. The van der Waals surface area contributed by atoms with Crippen molar-refractivity contribution < 1.29 is 22.9 Å². The van der Waals surface area contributed by atoms with Crippen LogP contribution in [0.1, 0.15) is 5.56 Å². The Morgan fingerprint density at radius 1 is 1.20 bits per heavy atom. The van der Waals surface area contributed by atoms with Crippen molar-refractivity contribution in [2.45, 2.75) is 10.6 Å². The Bertz CT molecular complexity index is 857. The van der Waals surface area contributed by atoms with Gasteiger partial charge in [0.2, 0.25) is 10.0 Å². The van der Waals surface area contributed by atoms with Gasteiger partial charge in [-0.2, -0.15) is 11.8 Å². The molecule has 0 fully saturated rings. The van der Waals surface area contributed by atoms with Crippen LogP contribution >= 0.6 is 23.4 Å². The number of sulfonamides is 1. The molecule has 0 aliphatic rings. The highest BCUT2D eigenvalue weighted by Gasteiger charge is 2.27. The maximum atomic E-state index is 13.6. The van der Waals surface area contributed by atoms with E-state index in [2.05, 4.69) is 4.72 Å². The fraction of sp³-hybridized carbons (Fsp3) is 0.200. The summed E-state index contributed by atoms with van der Waals surface area (Å²) in [5.74, 6) is 0.258. The summed E-state index contributed by atoms with van der Waals surface area (Å²) in [5.41, 5.74) is -0.00885. The van der Waals surface area contributed by atoms with Crippen molar-refractivity contribution >= 4 is 39.1 Å². The number of halogens is 2. The van der Waals surface area contributed by atoms with Crippen LogP contribution in [0.2, 0.25) is 5.02 Å². The van der Waals surface area contributed by atoms with E-state index in [-0.39, 0.29) is 17.1 Å². The van der Waals surface area contributed by atoms with Crippen LogP contribution in [0.4, 0.5) is 10.1 Å². The average Bonchev–Trinajstić information content (AvgIpc) is 2.57. The van der Waals surface area contributed by atoms with Gasteiger partial charge in [0.15, 0.2) is 4.90 Å². The van der Waals surface area contributed by atoms with E-state index < -0.39 is 20.8 Å². The number of thioether (sulfide) groups is 1. The number of benzene rings is 2. The van der Waals surface area contributed by atoms with Gasteiger partial charge in [0.25, 0.3) is 4.92 Å². The molecule has 2 aromatic rings. The first kappa shape index (κ1) is 19.6. The van der Waals surface area contributed by atoms with Crippen molar-refractivity contribution in [3.8, 4) is 0 Å². The van der Waals surface area contributed by atoms with Crippen molar-refractivity contribution in [1.82, 2.24) is 4.72 Å². The number of rotatable bonds is 8. The van der Waals surface area contributed by atoms with E-state index in [0.29, 0.717) is 22.1 Å². The van der Waals surface area contributed by atoms with E-state index >= 15 is 0 Å². The topological polar surface area (TPSA) is 86.5 Å². The van der Waals surface area contributed by atoms with E-state index in [9.17, 15) is 17.7 Å². The van der Waals surface area contributed by atoms with Gasteiger partial charge in [-0.25, -0.2) is 22.7 Å². The minimum Gasteiger partial charge on any atom is -0.241 e. The lowest BCUT2D eigenvalue weighted by Gasteiger charge is -2.07. The molecule has 2 aromatic carbocycles. The highest BCUT2D eigenvalue weighted by Crippen LogP contribution is 2.24. The summed E-state index contributed by atoms with van der Waals surface area (Å²) in [5, 5.41) is 9.31. The molecule has 10 heteroatoms. The molecule has 2 N–H and O–H groups in total. The lowest BCUT2D eigenvalue weighted by atomic mass is 10.2. The van der Waals surface area contributed by atoms with Gasteiger partial charge in [-0.05, 0) is 18.2 Å². The second-order valence-electron chi connectivity index (χ2n) is 4.89. The predicted molar refractivity (Wildman–Crippen MR) is 94.3 cm³/mol. The van der Waals surface area contributed by atoms with Crippen molar-refractivity contribution in [3.63, 3.8) is 0 Å². The molecule has 0 bridgehead atoms. The van der Waals surface area contributed by atoms with Gasteiger partial charge in [0.05, 0.1) is 4.91 Å². The minimum atomic E-state index is -3.96. The Morgan fingerprint density at radius 2 is 1.92 bits per heavy atom. The highest BCUT2D eigenvalue weighted by atomic mass is 35.5. The fourth-order valence-corrected chi connectivity index (χ4v) is 4.54. The molecule has 0 unspecified atom stereocenters. The SMILES string of the molecule is O=[N+](O)c1ccccc1S(=O)(=O)NCCSCc1c(F)cccc1Cl. The molecule has 2 rings (SSSR count). The summed E-state index contributed by atoms with van der Waals surface area (Å²) in [6.07, 6.45) is 0. The quantitative estimate of drug-likeness (QED) is 0.518.